The molecule has 1 unspecified atom stereocenters. The Morgan fingerprint density at radius 3 is 2.33 bits per heavy atom. The van der Waals surface area contributed by atoms with Crippen molar-refractivity contribution in [2.24, 2.45) is 5.41 Å². The SMILES string of the molecule is CC(C)NCCNC1CC1(C)C. The summed E-state index contributed by atoms with van der Waals surface area (Å²) >= 11 is 0. The molecule has 1 aliphatic rings. The first-order chi connectivity index (χ1) is 5.52. The Morgan fingerprint density at radius 2 is 1.92 bits per heavy atom. The van der Waals surface area contributed by atoms with Crippen LogP contribution in [0.4, 0.5) is 0 Å². The Morgan fingerprint density at radius 1 is 1.33 bits per heavy atom. The highest BCUT2D eigenvalue weighted by Crippen LogP contribution is 2.44. The lowest BCUT2D eigenvalue weighted by Crippen LogP contribution is -2.33. The summed E-state index contributed by atoms with van der Waals surface area (Å²) in [5.41, 5.74) is 0.567. The molecule has 0 aromatic rings. The summed E-state index contributed by atoms with van der Waals surface area (Å²) in [6.07, 6.45) is 1.34. The molecular weight excluding hydrogens is 148 g/mol. The van der Waals surface area contributed by atoms with E-state index in [2.05, 4.69) is 38.3 Å². The first-order valence-corrected chi connectivity index (χ1v) is 4.99. The molecule has 0 aliphatic heterocycles. The van der Waals surface area contributed by atoms with Gasteiger partial charge in [0, 0.05) is 25.2 Å². The van der Waals surface area contributed by atoms with E-state index >= 15 is 0 Å². The lowest BCUT2D eigenvalue weighted by atomic mass is 10.2. The van der Waals surface area contributed by atoms with E-state index < -0.39 is 0 Å². The maximum absolute atomic E-state index is 3.54. The van der Waals surface area contributed by atoms with Crippen LogP contribution in [0.1, 0.15) is 34.1 Å². The zero-order valence-corrected chi connectivity index (χ0v) is 8.78. The van der Waals surface area contributed by atoms with Crippen molar-refractivity contribution in [3.63, 3.8) is 0 Å². The normalized spacial score (nSPS) is 26.2. The predicted octanol–water partition coefficient (Wildman–Crippen LogP) is 1.37. The van der Waals surface area contributed by atoms with E-state index in [-0.39, 0.29) is 0 Å². The van der Waals surface area contributed by atoms with E-state index in [1.54, 1.807) is 0 Å². The molecule has 0 aromatic carbocycles. The molecule has 0 heterocycles. The van der Waals surface area contributed by atoms with E-state index in [0.717, 1.165) is 19.1 Å². The van der Waals surface area contributed by atoms with Gasteiger partial charge in [0.1, 0.15) is 0 Å². The van der Waals surface area contributed by atoms with Crippen LogP contribution < -0.4 is 10.6 Å². The zero-order valence-electron chi connectivity index (χ0n) is 8.78. The molecule has 2 N–H and O–H groups in total. The molecule has 1 atom stereocenters. The highest BCUT2D eigenvalue weighted by molar-refractivity contribution is 5.01. The first kappa shape index (κ1) is 10.0. The standard InChI is InChI=1S/C10H22N2/c1-8(2)11-5-6-12-9-7-10(9,3)4/h8-9,11-12H,5-7H2,1-4H3. The Labute approximate surface area is 76.1 Å². The molecule has 1 saturated carbocycles. The predicted molar refractivity (Wildman–Crippen MR) is 53.3 cm³/mol. The van der Waals surface area contributed by atoms with E-state index in [9.17, 15) is 0 Å². The molecule has 1 fully saturated rings. The third kappa shape index (κ3) is 3.11. The van der Waals surface area contributed by atoms with Crippen molar-refractivity contribution < 1.29 is 0 Å². The minimum atomic E-state index is 0.567. The first-order valence-electron chi connectivity index (χ1n) is 4.99. The van der Waals surface area contributed by atoms with Crippen LogP contribution in [0.15, 0.2) is 0 Å². The van der Waals surface area contributed by atoms with Crippen molar-refractivity contribution in [2.75, 3.05) is 13.1 Å². The Hall–Kier alpha value is -0.0800. The maximum Gasteiger partial charge on any atom is 0.0125 e. The minimum Gasteiger partial charge on any atom is -0.313 e. The Balaban J connectivity index is 1.91. The summed E-state index contributed by atoms with van der Waals surface area (Å²) in [4.78, 5) is 0. The van der Waals surface area contributed by atoms with Crippen molar-refractivity contribution in [3.8, 4) is 0 Å². The Kier molecular flexibility index (Phi) is 3.13. The average molecular weight is 170 g/mol. The molecule has 1 rings (SSSR count). The molecule has 0 aromatic heterocycles. The molecule has 2 heteroatoms. The third-order valence-electron chi connectivity index (χ3n) is 2.58. The van der Waals surface area contributed by atoms with Gasteiger partial charge in [0.25, 0.3) is 0 Å². The molecular formula is C10H22N2. The van der Waals surface area contributed by atoms with Crippen LogP contribution in [-0.2, 0) is 0 Å². The third-order valence-corrected chi connectivity index (χ3v) is 2.58. The molecule has 0 radical (unpaired) electrons. The number of hydrogen-bond donors (Lipinski definition) is 2. The van der Waals surface area contributed by atoms with Crippen molar-refractivity contribution >= 4 is 0 Å². The molecule has 1 aliphatic carbocycles. The highest BCUT2D eigenvalue weighted by atomic mass is 15.0. The van der Waals surface area contributed by atoms with Gasteiger partial charge in [-0.05, 0) is 11.8 Å². The highest BCUT2D eigenvalue weighted by Gasteiger charge is 2.44. The second-order valence-corrected chi connectivity index (χ2v) is 4.81. The van der Waals surface area contributed by atoms with E-state index in [4.69, 9.17) is 0 Å². The monoisotopic (exact) mass is 170 g/mol. The van der Waals surface area contributed by atoms with Gasteiger partial charge in [-0.15, -0.1) is 0 Å². The topological polar surface area (TPSA) is 24.1 Å². The van der Waals surface area contributed by atoms with Crippen LogP contribution in [0.3, 0.4) is 0 Å². The molecule has 0 bridgehead atoms. The van der Waals surface area contributed by atoms with Gasteiger partial charge in [-0.1, -0.05) is 27.7 Å². The van der Waals surface area contributed by atoms with E-state index in [0.29, 0.717) is 11.5 Å². The smallest absolute Gasteiger partial charge is 0.0125 e. The van der Waals surface area contributed by atoms with E-state index in [1.807, 2.05) is 0 Å². The van der Waals surface area contributed by atoms with Gasteiger partial charge in [0.05, 0.1) is 0 Å². The van der Waals surface area contributed by atoms with Gasteiger partial charge in [-0.3, -0.25) is 0 Å². The van der Waals surface area contributed by atoms with Gasteiger partial charge >= 0.3 is 0 Å². The summed E-state index contributed by atoms with van der Waals surface area (Å²) in [5, 5.41) is 6.93. The molecule has 0 amide bonds. The molecule has 2 nitrogen and oxygen atoms in total. The number of rotatable bonds is 5. The summed E-state index contributed by atoms with van der Waals surface area (Å²) in [7, 11) is 0. The lowest BCUT2D eigenvalue weighted by molar-refractivity contribution is 0.511. The van der Waals surface area contributed by atoms with Crippen molar-refractivity contribution in [3.05, 3.63) is 0 Å². The van der Waals surface area contributed by atoms with Crippen LogP contribution in [0.5, 0.6) is 0 Å². The molecule has 72 valence electrons. The fourth-order valence-corrected chi connectivity index (χ4v) is 1.42. The van der Waals surface area contributed by atoms with Gasteiger partial charge < -0.3 is 10.6 Å². The molecule has 12 heavy (non-hydrogen) atoms. The summed E-state index contributed by atoms with van der Waals surface area (Å²) < 4.78 is 0. The zero-order chi connectivity index (χ0) is 9.19. The molecule has 0 saturated heterocycles. The van der Waals surface area contributed by atoms with E-state index in [1.165, 1.54) is 6.42 Å². The van der Waals surface area contributed by atoms with Gasteiger partial charge in [0.2, 0.25) is 0 Å². The largest absolute Gasteiger partial charge is 0.313 e. The van der Waals surface area contributed by atoms with Crippen molar-refractivity contribution in [1.29, 1.82) is 0 Å². The average Bonchev–Trinajstić information content (AvgIpc) is 2.51. The summed E-state index contributed by atoms with van der Waals surface area (Å²) in [6.45, 7) is 11.2. The quantitative estimate of drug-likeness (QED) is 0.609. The Bertz CT molecular complexity index is 141. The van der Waals surface area contributed by atoms with Crippen LogP contribution in [0.25, 0.3) is 0 Å². The van der Waals surface area contributed by atoms with Crippen molar-refractivity contribution in [2.45, 2.75) is 46.2 Å². The van der Waals surface area contributed by atoms with Gasteiger partial charge in [-0.2, -0.15) is 0 Å². The lowest BCUT2D eigenvalue weighted by Gasteiger charge is -2.09. The van der Waals surface area contributed by atoms with Crippen LogP contribution in [0.2, 0.25) is 0 Å². The minimum absolute atomic E-state index is 0.567. The number of hydrogen-bond acceptors (Lipinski definition) is 2. The van der Waals surface area contributed by atoms with Crippen LogP contribution >= 0.6 is 0 Å². The molecule has 0 spiro atoms. The second-order valence-electron chi connectivity index (χ2n) is 4.81. The number of nitrogens with one attached hydrogen (secondary N) is 2. The fourth-order valence-electron chi connectivity index (χ4n) is 1.42. The summed E-state index contributed by atoms with van der Waals surface area (Å²) in [6, 6.07) is 1.38. The van der Waals surface area contributed by atoms with Gasteiger partial charge in [0.15, 0.2) is 0 Å². The fraction of sp³-hybridized carbons (Fsp3) is 1.00. The maximum atomic E-state index is 3.54. The van der Waals surface area contributed by atoms with Crippen LogP contribution in [-0.4, -0.2) is 25.2 Å². The van der Waals surface area contributed by atoms with Crippen molar-refractivity contribution in [1.82, 2.24) is 10.6 Å². The second kappa shape index (κ2) is 3.75. The van der Waals surface area contributed by atoms with Gasteiger partial charge in [-0.25, -0.2) is 0 Å². The summed E-state index contributed by atoms with van der Waals surface area (Å²) in [5.74, 6) is 0. The van der Waals surface area contributed by atoms with Crippen LogP contribution in [0, 0.1) is 5.41 Å².